The smallest absolute Gasteiger partial charge is 0.251 e. The highest BCUT2D eigenvalue weighted by molar-refractivity contribution is 5.98. The number of hydrogen-bond acceptors (Lipinski definition) is 3. The van der Waals surface area contributed by atoms with Gasteiger partial charge in [0, 0.05) is 22.2 Å². The van der Waals surface area contributed by atoms with E-state index in [9.17, 15) is 4.79 Å². The molecule has 4 aromatic rings. The zero-order valence-electron chi connectivity index (χ0n) is 15.6. The highest BCUT2D eigenvalue weighted by atomic mass is 16.3. The first-order valence-electron chi connectivity index (χ1n) is 8.94. The minimum absolute atomic E-state index is 0.116. The fraction of sp³-hybridized carbons (Fsp3) is 0.182. The molecular weight excluding hydrogens is 338 g/mol. The van der Waals surface area contributed by atoms with Gasteiger partial charge in [-0.1, -0.05) is 18.2 Å². The number of nitrogens with zero attached hydrogens (tertiary/aromatic N) is 2. The first-order chi connectivity index (χ1) is 13.0. The molecule has 27 heavy (non-hydrogen) atoms. The third-order valence-electron chi connectivity index (χ3n) is 4.76. The lowest BCUT2D eigenvalue weighted by atomic mass is 10.1. The van der Waals surface area contributed by atoms with Crippen molar-refractivity contribution in [1.29, 1.82) is 0 Å². The van der Waals surface area contributed by atoms with Crippen molar-refractivity contribution in [3.8, 4) is 5.69 Å². The highest BCUT2D eigenvalue weighted by Crippen LogP contribution is 2.22. The predicted octanol–water partition coefficient (Wildman–Crippen LogP) is 4.73. The molecule has 0 aliphatic carbocycles. The Hall–Kier alpha value is -3.34. The van der Waals surface area contributed by atoms with E-state index in [1.807, 2.05) is 80.2 Å². The van der Waals surface area contributed by atoms with Crippen molar-refractivity contribution in [2.24, 2.45) is 0 Å². The summed E-state index contributed by atoms with van der Waals surface area (Å²) in [7, 11) is 0. The summed E-state index contributed by atoms with van der Waals surface area (Å²) in [6.45, 7) is 5.88. The molecule has 0 aliphatic heterocycles. The molecule has 0 fully saturated rings. The second-order valence-corrected chi connectivity index (χ2v) is 6.74. The molecule has 2 heterocycles. The average Bonchev–Trinajstić information content (AvgIpc) is 3.23. The van der Waals surface area contributed by atoms with E-state index >= 15 is 0 Å². The minimum atomic E-state index is -0.156. The summed E-state index contributed by atoms with van der Waals surface area (Å²) >= 11 is 0. The SMILES string of the molecule is Cc1cc2cc(C(=O)N[C@H](C)c3cnn(-c4ccccc4)c3C)ccc2o1. The Kier molecular flexibility index (Phi) is 4.28. The lowest BCUT2D eigenvalue weighted by Gasteiger charge is -2.14. The van der Waals surface area contributed by atoms with E-state index in [-0.39, 0.29) is 11.9 Å². The summed E-state index contributed by atoms with van der Waals surface area (Å²) < 4.78 is 7.46. The fourth-order valence-electron chi connectivity index (χ4n) is 3.35. The van der Waals surface area contributed by atoms with Gasteiger partial charge in [0.2, 0.25) is 0 Å². The van der Waals surface area contributed by atoms with Gasteiger partial charge in [0.25, 0.3) is 5.91 Å². The van der Waals surface area contributed by atoms with Gasteiger partial charge in [-0.05, 0) is 57.2 Å². The van der Waals surface area contributed by atoms with Crippen LogP contribution in [0.15, 0.2) is 65.2 Å². The first kappa shape index (κ1) is 17.1. The fourth-order valence-corrected chi connectivity index (χ4v) is 3.35. The normalized spacial score (nSPS) is 12.3. The molecule has 0 radical (unpaired) electrons. The van der Waals surface area contributed by atoms with Crippen LogP contribution in [-0.2, 0) is 0 Å². The molecule has 2 aromatic heterocycles. The van der Waals surface area contributed by atoms with Crippen LogP contribution in [0.4, 0.5) is 0 Å². The Morgan fingerprint density at radius 1 is 1.11 bits per heavy atom. The van der Waals surface area contributed by atoms with Crippen molar-refractivity contribution in [3.05, 3.63) is 83.4 Å². The maximum Gasteiger partial charge on any atom is 0.251 e. The molecule has 1 atom stereocenters. The number of furan rings is 1. The number of fused-ring (bicyclic) bond motifs is 1. The third kappa shape index (κ3) is 3.24. The van der Waals surface area contributed by atoms with Gasteiger partial charge in [-0.25, -0.2) is 4.68 Å². The van der Waals surface area contributed by atoms with Gasteiger partial charge in [0.05, 0.1) is 17.9 Å². The molecule has 2 aromatic carbocycles. The molecule has 5 nitrogen and oxygen atoms in total. The number of amides is 1. The number of carbonyl (C=O) groups is 1. The van der Waals surface area contributed by atoms with Crippen LogP contribution in [-0.4, -0.2) is 15.7 Å². The van der Waals surface area contributed by atoms with Crippen LogP contribution in [0.1, 0.15) is 40.3 Å². The lowest BCUT2D eigenvalue weighted by Crippen LogP contribution is -2.26. The summed E-state index contributed by atoms with van der Waals surface area (Å²) in [5.41, 5.74) is 4.41. The van der Waals surface area contributed by atoms with Crippen molar-refractivity contribution >= 4 is 16.9 Å². The Balaban J connectivity index is 1.55. The van der Waals surface area contributed by atoms with E-state index in [0.29, 0.717) is 5.56 Å². The number of benzene rings is 2. The number of para-hydroxylation sites is 1. The molecule has 0 spiro atoms. The second kappa shape index (κ2) is 6.76. The molecule has 0 aliphatic rings. The van der Waals surface area contributed by atoms with Gasteiger partial charge in [0.1, 0.15) is 11.3 Å². The van der Waals surface area contributed by atoms with Gasteiger partial charge in [-0.15, -0.1) is 0 Å². The Morgan fingerprint density at radius 2 is 1.89 bits per heavy atom. The molecular formula is C22H21N3O2. The molecule has 1 N–H and O–H groups in total. The number of aryl methyl sites for hydroxylation is 1. The molecule has 0 bridgehead atoms. The third-order valence-corrected chi connectivity index (χ3v) is 4.76. The maximum atomic E-state index is 12.7. The second-order valence-electron chi connectivity index (χ2n) is 6.74. The molecule has 0 unspecified atom stereocenters. The standard InChI is InChI=1S/C22H21N3O2/c1-14-11-18-12-17(9-10-21(18)27-14)22(26)24-15(2)20-13-23-25(16(20)3)19-7-5-4-6-8-19/h4-13,15H,1-3H3,(H,24,26)/t15-/m1/s1. The van der Waals surface area contributed by atoms with Gasteiger partial charge < -0.3 is 9.73 Å². The zero-order valence-corrected chi connectivity index (χ0v) is 15.6. The van der Waals surface area contributed by atoms with Crippen molar-refractivity contribution in [3.63, 3.8) is 0 Å². The van der Waals surface area contributed by atoms with Gasteiger partial charge in [-0.3, -0.25) is 4.79 Å². The van der Waals surface area contributed by atoms with Crippen LogP contribution in [0.5, 0.6) is 0 Å². The summed E-state index contributed by atoms with van der Waals surface area (Å²) in [5.74, 6) is 0.718. The van der Waals surface area contributed by atoms with E-state index in [1.54, 1.807) is 6.07 Å². The topological polar surface area (TPSA) is 60.1 Å². The number of nitrogens with one attached hydrogen (secondary N) is 1. The van der Waals surface area contributed by atoms with E-state index in [0.717, 1.165) is 33.7 Å². The summed E-state index contributed by atoms with van der Waals surface area (Å²) in [6, 6.07) is 17.2. The summed E-state index contributed by atoms with van der Waals surface area (Å²) in [5, 5.41) is 8.48. The molecule has 0 saturated carbocycles. The maximum absolute atomic E-state index is 12.7. The summed E-state index contributed by atoms with van der Waals surface area (Å²) in [4.78, 5) is 12.7. The molecule has 136 valence electrons. The van der Waals surface area contributed by atoms with E-state index in [1.165, 1.54) is 0 Å². The minimum Gasteiger partial charge on any atom is -0.461 e. The van der Waals surface area contributed by atoms with Crippen molar-refractivity contribution < 1.29 is 9.21 Å². The zero-order chi connectivity index (χ0) is 19.0. The van der Waals surface area contributed by atoms with Crippen LogP contribution in [0.25, 0.3) is 16.7 Å². The van der Waals surface area contributed by atoms with Gasteiger partial charge >= 0.3 is 0 Å². The van der Waals surface area contributed by atoms with Crippen LogP contribution >= 0.6 is 0 Å². The molecule has 1 amide bonds. The van der Waals surface area contributed by atoms with E-state index < -0.39 is 0 Å². The van der Waals surface area contributed by atoms with Crippen molar-refractivity contribution in [1.82, 2.24) is 15.1 Å². The highest BCUT2D eigenvalue weighted by Gasteiger charge is 2.17. The Labute approximate surface area is 157 Å². The summed E-state index contributed by atoms with van der Waals surface area (Å²) in [6.07, 6.45) is 1.82. The quantitative estimate of drug-likeness (QED) is 0.573. The lowest BCUT2D eigenvalue weighted by molar-refractivity contribution is 0.0940. The van der Waals surface area contributed by atoms with E-state index in [4.69, 9.17) is 4.42 Å². The molecule has 5 heteroatoms. The van der Waals surface area contributed by atoms with Crippen molar-refractivity contribution in [2.45, 2.75) is 26.8 Å². The van der Waals surface area contributed by atoms with Gasteiger partial charge in [-0.2, -0.15) is 5.10 Å². The number of rotatable bonds is 4. The van der Waals surface area contributed by atoms with Crippen LogP contribution in [0.3, 0.4) is 0 Å². The van der Waals surface area contributed by atoms with Gasteiger partial charge in [0.15, 0.2) is 0 Å². The largest absolute Gasteiger partial charge is 0.461 e. The first-order valence-corrected chi connectivity index (χ1v) is 8.94. The van der Waals surface area contributed by atoms with Crippen molar-refractivity contribution in [2.75, 3.05) is 0 Å². The van der Waals surface area contributed by atoms with Crippen LogP contribution in [0, 0.1) is 13.8 Å². The number of hydrogen-bond donors (Lipinski definition) is 1. The molecule has 4 rings (SSSR count). The van der Waals surface area contributed by atoms with E-state index in [2.05, 4.69) is 10.4 Å². The Bertz CT molecular complexity index is 1110. The number of aromatic nitrogens is 2. The predicted molar refractivity (Wildman–Crippen MR) is 105 cm³/mol. The Morgan fingerprint density at radius 3 is 2.67 bits per heavy atom. The number of carbonyl (C=O) groups excluding carboxylic acids is 1. The molecule has 0 saturated heterocycles. The average molecular weight is 359 g/mol. The monoisotopic (exact) mass is 359 g/mol. The van der Waals surface area contributed by atoms with Crippen LogP contribution < -0.4 is 5.32 Å². The van der Waals surface area contributed by atoms with Crippen LogP contribution in [0.2, 0.25) is 0 Å².